The van der Waals surface area contributed by atoms with E-state index in [-0.39, 0.29) is 5.92 Å². The second-order valence-corrected chi connectivity index (χ2v) is 3.21. The van der Waals surface area contributed by atoms with Crippen LogP contribution in [-0.2, 0) is 9.53 Å². The van der Waals surface area contributed by atoms with Crippen molar-refractivity contribution in [3.8, 4) is 0 Å². The fraction of sp³-hybridized carbons (Fsp3) is 0.700. The molecule has 0 amide bonds. The molecule has 12 heavy (non-hydrogen) atoms. The maximum Gasteiger partial charge on any atom is 0.139 e. The Hall–Kier alpha value is -0.790. The van der Waals surface area contributed by atoms with Gasteiger partial charge in [-0.15, -0.1) is 0 Å². The van der Waals surface area contributed by atoms with Gasteiger partial charge in [0.1, 0.15) is 5.78 Å². The number of hydrogen-bond acceptors (Lipinski definition) is 2. The molecule has 1 aliphatic rings. The van der Waals surface area contributed by atoms with Gasteiger partial charge in [-0.05, 0) is 19.8 Å². The monoisotopic (exact) mass is 168 g/mol. The largest absolute Gasteiger partial charge is 0.501 e. The molecule has 2 nitrogen and oxygen atoms in total. The van der Waals surface area contributed by atoms with Gasteiger partial charge in [-0.2, -0.15) is 0 Å². The van der Waals surface area contributed by atoms with Crippen molar-refractivity contribution in [2.45, 2.75) is 32.6 Å². The van der Waals surface area contributed by atoms with Crippen LogP contribution in [0.2, 0.25) is 0 Å². The van der Waals surface area contributed by atoms with Crippen molar-refractivity contribution in [2.24, 2.45) is 5.92 Å². The summed E-state index contributed by atoms with van der Waals surface area (Å²) in [4.78, 5) is 11.3. The summed E-state index contributed by atoms with van der Waals surface area (Å²) in [5, 5.41) is 0. The molecule has 1 rings (SSSR count). The van der Waals surface area contributed by atoms with Gasteiger partial charge >= 0.3 is 0 Å². The first-order chi connectivity index (χ1) is 5.84. The quantitative estimate of drug-likeness (QED) is 0.604. The van der Waals surface area contributed by atoms with Crippen LogP contribution in [0.5, 0.6) is 0 Å². The van der Waals surface area contributed by atoms with E-state index in [4.69, 9.17) is 4.74 Å². The Bertz CT molecular complexity index is 173. The molecule has 68 valence electrons. The van der Waals surface area contributed by atoms with E-state index >= 15 is 0 Å². The molecule has 0 aromatic rings. The summed E-state index contributed by atoms with van der Waals surface area (Å²) >= 11 is 0. The third kappa shape index (κ3) is 2.68. The Kier molecular flexibility index (Phi) is 3.85. The van der Waals surface area contributed by atoms with E-state index in [1.54, 1.807) is 6.26 Å². The third-order valence-corrected chi connectivity index (χ3v) is 2.21. The Morgan fingerprint density at radius 1 is 1.58 bits per heavy atom. The summed E-state index contributed by atoms with van der Waals surface area (Å²) in [6.45, 7) is 2.48. The molecule has 0 spiro atoms. The molecule has 1 unspecified atom stereocenters. The lowest BCUT2D eigenvalue weighted by Crippen LogP contribution is -2.22. The Balaban J connectivity index is 2.24. The summed E-state index contributed by atoms with van der Waals surface area (Å²) in [5.74, 6) is 0.542. The molecule has 0 aromatic carbocycles. The molecule has 0 radical (unpaired) electrons. The first kappa shape index (κ1) is 9.30. The normalized spacial score (nSPS) is 24.8. The van der Waals surface area contributed by atoms with Crippen LogP contribution in [-0.4, -0.2) is 12.4 Å². The molecule has 1 aliphatic carbocycles. The van der Waals surface area contributed by atoms with Crippen molar-refractivity contribution in [1.29, 1.82) is 0 Å². The summed E-state index contributed by atoms with van der Waals surface area (Å²) in [5.41, 5.74) is 0. The lowest BCUT2D eigenvalue weighted by Gasteiger charge is -2.19. The van der Waals surface area contributed by atoms with Crippen LogP contribution in [0.4, 0.5) is 0 Å². The van der Waals surface area contributed by atoms with E-state index in [9.17, 15) is 4.79 Å². The highest BCUT2D eigenvalue weighted by molar-refractivity contribution is 5.81. The topological polar surface area (TPSA) is 26.3 Å². The summed E-state index contributed by atoms with van der Waals surface area (Å²) in [7, 11) is 0. The number of carbonyl (C=O) groups is 1. The van der Waals surface area contributed by atoms with E-state index < -0.39 is 0 Å². The summed E-state index contributed by atoms with van der Waals surface area (Å²) in [6, 6.07) is 0. The zero-order valence-electron chi connectivity index (χ0n) is 7.58. The van der Waals surface area contributed by atoms with Crippen LogP contribution in [0.3, 0.4) is 0 Å². The van der Waals surface area contributed by atoms with Crippen molar-refractivity contribution in [3.63, 3.8) is 0 Å². The lowest BCUT2D eigenvalue weighted by molar-refractivity contribution is -0.125. The summed E-state index contributed by atoms with van der Waals surface area (Å²) < 4.78 is 5.19. The molecular weight excluding hydrogens is 152 g/mol. The summed E-state index contributed by atoms with van der Waals surface area (Å²) in [6.07, 6.45) is 7.50. The number of carbonyl (C=O) groups excluding carboxylic acids is 1. The maximum absolute atomic E-state index is 11.3. The number of allylic oxidation sites excluding steroid dienone is 1. The minimum Gasteiger partial charge on any atom is -0.501 e. The Morgan fingerprint density at radius 3 is 3.08 bits per heavy atom. The van der Waals surface area contributed by atoms with Gasteiger partial charge in [-0.3, -0.25) is 4.79 Å². The van der Waals surface area contributed by atoms with Crippen molar-refractivity contribution in [3.05, 3.63) is 12.3 Å². The number of rotatable bonds is 3. The highest BCUT2D eigenvalue weighted by atomic mass is 16.5. The number of hydrogen-bond donors (Lipinski definition) is 0. The van der Waals surface area contributed by atoms with E-state index in [2.05, 4.69) is 0 Å². The van der Waals surface area contributed by atoms with Crippen LogP contribution in [0.25, 0.3) is 0 Å². The molecule has 0 N–H and O–H groups in total. The Labute approximate surface area is 73.6 Å². The van der Waals surface area contributed by atoms with Gasteiger partial charge in [-0.1, -0.05) is 12.5 Å². The van der Waals surface area contributed by atoms with Gasteiger partial charge in [0.15, 0.2) is 0 Å². The first-order valence-electron chi connectivity index (χ1n) is 4.60. The second-order valence-electron chi connectivity index (χ2n) is 3.21. The molecule has 1 atom stereocenters. The minimum absolute atomic E-state index is 0.162. The highest BCUT2D eigenvalue weighted by Crippen LogP contribution is 2.20. The SMILES string of the molecule is C/C=C/OCC1CCCCC1=O. The smallest absolute Gasteiger partial charge is 0.139 e. The lowest BCUT2D eigenvalue weighted by atomic mass is 9.89. The standard InChI is InChI=1S/C10H16O2/c1-2-7-12-8-9-5-3-4-6-10(9)11/h2,7,9H,3-6,8H2,1H3/b7-2+. The molecule has 2 heteroatoms. The second kappa shape index (κ2) is 4.96. The number of Topliss-reactive ketones (excluding diaryl/α,β-unsaturated/α-hetero) is 1. The van der Waals surface area contributed by atoms with Crippen molar-refractivity contribution in [1.82, 2.24) is 0 Å². The predicted octanol–water partition coefficient (Wildman–Crippen LogP) is 2.30. The van der Waals surface area contributed by atoms with E-state index in [1.807, 2.05) is 13.0 Å². The van der Waals surface area contributed by atoms with Gasteiger partial charge < -0.3 is 4.74 Å². The number of ketones is 1. The molecule has 0 heterocycles. The minimum atomic E-state index is 0.162. The van der Waals surface area contributed by atoms with Crippen LogP contribution in [0.1, 0.15) is 32.6 Å². The molecule has 1 saturated carbocycles. The van der Waals surface area contributed by atoms with Crippen LogP contribution in [0.15, 0.2) is 12.3 Å². The molecule has 0 saturated heterocycles. The van der Waals surface area contributed by atoms with E-state index in [0.717, 1.165) is 19.3 Å². The van der Waals surface area contributed by atoms with Gasteiger partial charge in [0.25, 0.3) is 0 Å². The molecular formula is C10H16O2. The predicted molar refractivity (Wildman–Crippen MR) is 47.7 cm³/mol. The molecule has 0 bridgehead atoms. The zero-order valence-corrected chi connectivity index (χ0v) is 7.58. The van der Waals surface area contributed by atoms with Crippen molar-refractivity contribution in [2.75, 3.05) is 6.61 Å². The highest BCUT2D eigenvalue weighted by Gasteiger charge is 2.21. The maximum atomic E-state index is 11.3. The Morgan fingerprint density at radius 2 is 2.42 bits per heavy atom. The molecule has 0 aromatic heterocycles. The van der Waals surface area contributed by atoms with Crippen LogP contribution >= 0.6 is 0 Å². The molecule has 0 aliphatic heterocycles. The van der Waals surface area contributed by atoms with Gasteiger partial charge in [0.2, 0.25) is 0 Å². The third-order valence-electron chi connectivity index (χ3n) is 2.21. The van der Waals surface area contributed by atoms with Crippen LogP contribution < -0.4 is 0 Å². The van der Waals surface area contributed by atoms with Crippen molar-refractivity contribution >= 4 is 5.78 Å². The van der Waals surface area contributed by atoms with Gasteiger partial charge in [0.05, 0.1) is 18.8 Å². The van der Waals surface area contributed by atoms with Crippen LogP contribution in [0, 0.1) is 5.92 Å². The van der Waals surface area contributed by atoms with E-state index in [0.29, 0.717) is 12.4 Å². The van der Waals surface area contributed by atoms with Gasteiger partial charge in [-0.25, -0.2) is 0 Å². The fourth-order valence-electron chi connectivity index (χ4n) is 1.50. The van der Waals surface area contributed by atoms with E-state index in [1.165, 1.54) is 6.42 Å². The van der Waals surface area contributed by atoms with Gasteiger partial charge in [0, 0.05) is 6.42 Å². The number of ether oxygens (including phenoxy) is 1. The van der Waals surface area contributed by atoms with Crippen molar-refractivity contribution < 1.29 is 9.53 Å². The molecule has 1 fully saturated rings. The average Bonchev–Trinajstić information content (AvgIpc) is 2.09. The fourth-order valence-corrected chi connectivity index (χ4v) is 1.50. The first-order valence-corrected chi connectivity index (χ1v) is 4.60. The zero-order chi connectivity index (χ0) is 8.81. The average molecular weight is 168 g/mol.